The summed E-state index contributed by atoms with van der Waals surface area (Å²) in [5.74, 6) is -5.85. The fourth-order valence-electron chi connectivity index (χ4n) is 0.714. The van der Waals surface area contributed by atoms with Crippen molar-refractivity contribution in [3.05, 3.63) is 0 Å². The van der Waals surface area contributed by atoms with Gasteiger partial charge in [0.1, 0.15) is 0 Å². The lowest BCUT2D eigenvalue weighted by Gasteiger charge is -2.18. The third-order valence-corrected chi connectivity index (χ3v) is 1.29. The fourth-order valence-corrected chi connectivity index (χ4v) is 0.714. The molecular weight excluding hydrogens is 300 g/mol. The minimum absolute atomic E-state index is 0.833. The summed E-state index contributed by atoms with van der Waals surface area (Å²) in [7, 11) is 0. The van der Waals surface area contributed by atoms with Gasteiger partial charge in [-0.2, -0.15) is 0 Å². The zero-order valence-electron chi connectivity index (χ0n) is 10.6. The Balaban J connectivity index is -0.000000334. The Morgan fingerprint density at radius 2 is 0.952 bits per heavy atom. The van der Waals surface area contributed by atoms with Crippen molar-refractivity contribution in [1.29, 1.82) is 0 Å². The highest BCUT2D eigenvalue weighted by Gasteiger charge is 2.40. The Labute approximate surface area is 116 Å². The van der Waals surface area contributed by atoms with Crippen LogP contribution in [-0.2, 0) is 19.2 Å². The van der Waals surface area contributed by atoms with Gasteiger partial charge in [0.15, 0.2) is 5.60 Å². The number of aliphatic hydroxyl groups is 1. The number of carboxylic acids is 4. The molecule has 0 spiro atoms. The van der Waals surface area contributed by atoms with Crippen LogP contribution in [-0.4, -0.2) is 71.4 Å². The summed E-state index contributed by atoms with van der Waals surface area (Å²) in [6.07, 6.45) is -4.12. The first-order valence-electron chi connectivity index (χ1n) is 4.75. The molecule has 0 aliphatic rings. The Bertz CT molecular complexity index is 362. The number of hydrogen-bond donors (Lipinski definition) is 7. The predicted octanol–water partition coefficient (Wildman–Crippen LogP) is -0.935. The Kier molecular flexibility index (Phi) is 12.1. The Morgan fingerprint density at radius 3 is 1.05 bits per heavy atom. The van der Waals surface area contributed by atoms with E-state index < -0.39 is 48.5 Å². The number of rotatable bonds is 5. The van der Waals surface area contributed by atoms with Crippen molar-refractivity contribution in [3.63, 3.8) is 0 Å². The molecule has 21 heavy (non-hydrogen) atoms. The van der Waals surface area contributed by atoms with Crippen molar-refractivity contribution in [2.45, 2.75) is 25.4 Å². The smallest absolute Gasteiger partial charge is 0.481 e. The summed E-state index contributed by atoms with van der Waals surface area (Å²) in [6, 6.07) is 0. The second-order valence-corrected chi connectivity index (χ2v) is 3.28. The van der Waals surface area contributed by atoms with E-state index in [9.17, 15) is 14.4 Å². The van der Waals surface area contributed by atoms with Crippen LogP contribution in [0.25, 0.3) is 0 Å². The molecule has 0 radical (unpaired) electrons. The number of carbonyl (C=O) groups is 5. The van der Waals surface area contributed by atoms with Crippen LogP contribution < -0.4 is 0 Å². The minimum atomic E-state index is -2.74. The van der Waals surface area contributed by atoms with Crippen LogP contribution in [0.5, 0.6) is 0 Å². The molecule has 0 saturated carbocycles. The fraction of sp³-hybridized carbons (Fsp3) is 0.444. The van der Waals surface area contributed by atoms with E-state index in [4.69, 9.17) is 45.3 Å². The number of carboxylic acid groups (broad SMARTS) is 6. The molecule has 0 aliphatic carbocycles. The first-order chi connectivity index (χ1) is 9.24. The van der Waals surface area contributed by atoms with Gasteiger partial charge in [-0.25, -0.2) is 9.59 Å². The first-order valence-corrected chi connectivity index (χ1v) is 4.75. The molecule has 0 fully saturated rings. The monoisotopic (exact) mass is 314 g/mol. The summed E-state index contributed by atoms with van der Waals surface area (Å²) in [6.45, 7) is 1.08. The van der Waals surface area contributed by atoms with Gasteiger partial charge >= 0.3 is 24.1 Å². The maximum Gasteiger partial charge on any atom is 0.503 e. The molecule has 0 amide bonds. The lowest BCUT2D eigenvalue weighted by atomic mass is 9.96. The van der Waals surface area contributed by atoms with Gasteiger partial charge < -0.3 is 35.7 Å². The van der Waals surface area contributed by atoms with Crippen LogP contribution in [0, 0.1) is 0 Å². The van der Waals surface area contributed by atoms with Crippen LogP contribution in [0.2, 0.25) is 0 Å². The molecule has 7 N–H and O–H groups in total. The zero-order chi connectivity index (χ0) is 17.8. The molecule has 0 saturated heterocycles. The maximum absolute atomic E-state index is 10.3. The summed E-state index contributed by atoms with van der Waals surface area (Å²) in [5.41, 5.74) is -2.74. The third kappa shape index (κ3) is 22.7. The lowest BCUT2D eigenvalue weighted by molar-refractivity contribution is -0.170. The largest absolute Gasteiger partial charge is 0.503 e. The van der Waals surface area contributed by atoms with Crippen LogP contribution >= 0.6 is 0 Å². The number of hydrogen-bond acceptors (Lipinski definition) is 6. The molecule has 0 aromatic rings. The Hall–Kier alpha value is -2.89. The van der Waals surface area contributed by atoms with Crippen LogP contribution in [0.1, 0.15) is 19.8 Å². The van der Waals surface area contributed by atoms with Crippen LogP contribution in [0.4, 0.5) is 4.79 Å². The highest BCUT2D eigenvalue weighted by Crippen LogP contribution is 2.15. The summed E-state index contributed by atoms with van der Waals surface area (Å²) in [5, 5.41) is 55.2. The Morgan fingerprint density at radius 1 is 0.762 bits per heavy atom. The van der Waals surface area contributed by atoms with E-state index in [-0.39, 0.29) is 0 Å². The van der Waals surface area contributed by atoms with Crippen molar-refractivity contribution in [3.8, 4) is 0 Å². The van der Waals surface area contributed by atoms with E-state index in [0.29, 0.717) is 0 Å². The average Bonchev–Trinajstić information content (AvgIpc) is 2.11. The van der Waals surface area contributed by atoms with Gasteiger partial charge in [0.05, 0.1) is 12.8 Å². The van der Waals surface area contributed by atoms with E-state index in [0.717, 1.165) is 6.92 Å². The van der Waals surface area contributed by atoms with Crippen molar-refractivity contribution < 1.29 is 59.7 Å². The first kappa shape index (κ1) is 23.2. The molecular formula is C9H14O12. The van der Waals surface area contributed by atoms with E-state index in [1.54, 1.807) is 0 Å². The molecule has 0 aliphatic heterocycles. The average molecular weight is 314 g/mol. The highest BCUT2D eigenvalue weighted by molar-refractivity contribution is 5.88. The quantitative estimate of drug-likeness (QED) is 0.326. The van der Waals surface area contributed by atoms with Crippen molar-refractivity contribution in [2.24, 2.45) is 0 Å². The standard InChI is InChI=1S/C6H8O7.C2H4O2.CH2O3/c7-3(8)1-6(13,5(11)12)2-4(9)10;1-2(3)4;2-1(3)4/h13H,1-2H2,(H,7,8)(H,9,10)(H,11,12);1H3,(H,3,4);(H2,2,3,4). The minimum Gasteiger partial charge on any atom is -0.481 e. The molecule has 0 rings (SSSR count). The third-order valence-electron chi connectivity index (χ3n) is 1.29. The normalized spacial score (nSPS) is 9.05. The van der Waals surface area contributed by atoms with Gasteiger partial charge in [0.25, 0.3) is 5.97 Å². The molecule has 12 nitrogen and oxygen atoms in total. The molecule has 0 atom stereocenters. The van der Waals surface area contributed by atoms with Gasteiger partial charge in [0, 0.05) is 6.92 Å². The van der Waals surface area contributed by atoms with Crippen LogP contribution in [0.15, 0.2) is 0 Å². The topological polar surface area (TPSA) is 227 Å². The second-order valence-electron chi connectivity index (χ2n) is 3.28. The van der Waals surface area contributed by atoms with Gasteiger partial charge in [-0.1, -0.05) is 0 Å². The molecule has 0 aromatic carbocycles. The molecule has 0 aromatic heterocycles. The van der Waals surface area contributed by atoms with E-state index in [1.165, 1.54) is 0 Å². The molecule has 0 bridgehead atoms. The number of aliphatic carboxylic acids is 4. The second kappa shape index (κ2) is 11.0. The van der Waals surface area contributed by atoms with Gasteiger partial charge in [0.2, 0.25) is 0 Å². The summed E-state index contributed by atoms with van der Waals surface area (Å²) < 4.78 is 0. The predicted molar refractivity (Wildman–Crippen MR) is 61.1 cm³/mol. The summed E-state index contributed by atoms with van der Waals surface area (Å²) in [4.78, 5) is 48.0. The molecule has 12 heteroatoms. The molecule has 122 valence electrons. The van der Waals surface area contributed by atoms with Gasteiger partial charge in [-0.05, 0) is 0 Å². The van der Waals surface area contributed by atoms with Crippen molar-refractivity contribution in [2.75, 3.05) is 0 Å². The molecule has 0 unspecified atom stereocenters. The maximum atomic E-state index is 10.3. The van der Waals surface area contributed by atoms with E-state index in [2.05, 4.69) is 0 Å². The zero-order valence-corrected chi connectivity index (χ0v) is 10.6. The molecule has 0 heterocycles. The SMILES string of the molecule is CC(=O)O.O=C(O)CC(O)(CC(=O)O)C(=O)O.O=C(O)O. The van der Waals surface area contributed by atoms with Gasteiger partial charge in [-0.3, -0.25) is 14.4 Å². The van der Waals surface area contributed by atoms with Crippen molar-refractivity contribution in [1.82, 2.24) is 0 Å². The lowest BCUT2D eigenvalue weighted by Crippen LogP contribution is -2.42. The van der Waals surface area contributed by atoms with E-state index in [1.807, 2.05) is 0 Å². The highest BCUT2D eigenvalue weighted by atomic mass is 16.6. The summed E-state index contributed by atoms with van der Waals surface area (Å²) >= 11 is 0. The van der Waals surface area contributed by atoms with Gasteiger partial charge in [-0.15, -0.1) is 0 Å². The van der Waals surface area contributed by atoms with E-state index >= 15 is 0 Å². The van der Waals surface area contributed by atoms with Crippen LogP contribution in [0.3, 0.4) is 0 Å². The van der Waals surface area contributed by atoms with Crippen molar-refractivity contribution >= 4 is 30.0 Å².